The number of rotatable bonds is 2. The van der Waals surface area contributed by atoms with Crippen molar-refractivity contribution < 1.29 is 23.1 Å². The zero-order valence-electron chi connectivity index (χ0n) is 8.45. The Morgan fingerprint density at radius 3 is 2.06 bits per heavy atom. The minimum Gasteiger partial charge on any atom is -0.479 e. The second-order valence-electron chi connectivity index (χ2n) is 3.33. The summed E-state index contributed by atoms with van der Waals surface area (Å²) in [5, 5.41) is 8.66. The van der Waals surface area contributed by atoms with Gasteiger partial charge in [0.15, 0.2) is 0 Å². The molecule has 3 N–H and O–H groups in total. The third kappa shape index (κ3) is 2.10. The summed E-state index contributed by atoms with van der Waals surface area (Å²) < 4.78 is 38.0. The Balaban J connectivity index is 3.35. The number of alkyl halides is 3. The number of carbonyl (C=O) groups is 1. The lowest BCUT2D eigenvalue weighted by molar-refractivity contribution is -0.204. The molecular formula is C11H8F3NO2. The van der Waals surface area contributed by atoms with Crippen LogP contribution >= 0.6 is 0 Å². The molecule has 90 valence electrons. The third-order valence-electron chi connectivity index (χ3n) is 2.29. The van der Waals surface area contributed by atoms with E-state index in [2.05, 4.69) is 5.92 Å². The van der Waals surface area contributed by atoms with Crippen molar-refractivity contribution in [3.63, 3.8) is 0 Å². The SMILES string of the molecule is C#Cc1ccc([C@@](N)(C(=O)O)C(F)(F)F)cc1. The van der Waals surface area contributed by atoms with Crippen LogP contribution in [0.3, 0.4) is 0 Å². The molecule has 6 heteroatoms. The van der Waals surface area contributed by atoms with Crippen LogP contribution in [-0.4, -0.2) is 17.3 Å². The topological polar surface area (TPSA) is 63.3 Å². The van der Waals surface area contributed by atoms with Gasteiger partial charge in [-0.1, -0.05) is 18.1 Å². The van der Waals surface area contributed by atoms with Gasteiger partial charge in [-0.05, 0) is 17.7 Å². The lowest BCUT2D eigenvalue weighted by Gasteiger charge is -2.27. The molecule has 0 aliphatic rings. The van der Waals surface area contributed by atoms with Gasteiger partial charge in [-0.25, -0.2) is 4.79 Å². The van der Waals surface area contributed by atoms with Crippen molar-refractivity contribution in [1.29, 1.82) is 0 Å². The van der Waals surface area contributed by atoms with E-state index in [1.54, 1.807) is 0 Å². The van der Waals surface area contributed by atoms with Gasteiger partial charge in [-0.2, -0.15) is 13.2 Å². The summed E-state index contributed by atoms with van der Waals surface area (Å²) >= 11 is 0. The lowest BCUT2D eigenvalue weighted by Crippen LogP contribution is -2.56. The van der Waals surface area contributed by atoms with Crippen LogP contribution in [-0.2, 0) is 10.3 Å². The van der Waals surface area contributed by atoms with Gasteiger partial charge in [0.2, 0.25) is 5.54 Å². The molecule has 0 radical (unpaired) electrons. The van der Waals surface area contributed by atoms with Gasteiger partial charge in [0.25, 0.3) is 0 Å². The van der Waals surface area contributed by atoms with Crippen molar-refractivity contribution in [3.8, 4) is 12.3 Å². The molecule has 0 amide bonds. The largest absolute Gasteiger partial charge is 0.479 e. The first-order valence-electron chi connectivity index (χ1n) is 4.39. The van der Waals surface area contributed by atoms with Crippen molar-refractivity contribution in [3.05, 3.63) is 35.4 Å². The maximum Gasteiger partial charge on any atom is 0.421 e. The van der Waals surface area contributed by atoms with E-state index in [1.165, 1.54) is 12.1 Å². The number of halogens is 3. The van der Waals surface area contributed by atoms with Crippen molar-refractivity contribution in [1.82, 2.24) is 0 Å². The molecule has 17 heavy (non-hydrogen) atoms. The molecule has 1 aromatic carbocycles. The van der Waals surface area contributed by atoms with E-state index in [1.807, 2.05) is 0 Å². The molecule has 0 bridgehead atoms. The van der Waals surface area contributed by atoms with Crippen LogP contribution in [0.25, 0.3) is 0 Å². The van der Waals surface area contributed by atoms with Gasteiger partial charge in [0.05, 0.1) is 0 Å². The Morgan fingerprint density at radius 1 is 1.29 bits per heavy atom. The highest BCUT2D eigenvalue weighted by molar-refractivity contribution is 5.81. The number of nitrogens with two attached hydrogens (primary N) is 1. The monoisotopic (exact) mass is 243 g/mol. The van der Waals surface area contributed by atoms with Gasteiger partial charge in [-0.3, -0.25) is 0 Å². The van der Waals surface area contributed by atoms with E-state index in [-0.39, 0.29) is 0 Å². The Labute approximate surface area is 95.0 Å². The second kappa shape index (κ2) is 4.11. The fourth-order valence-corrected chi connectivity index (χ4v) is 1.24. The van der Waals surface area contributed by atoms with Crippen LogP contribution in [0.1, 0.15) is 11.1 Å². The van der Waals surface area contributed by atoms with E-state index < -0.39 is 23.2 Å². The normalized spacial score (nSPS) is 14.8. The number of carboxylic acid groups (broad SMARTS) is 1. The molecule has 0 unspecified atom stereocenters. The van der Waals surface area contributed by atoms with Gasteiger partial charge in [-0.15, -0.1) is 6.42 Å². The Morgan fingerprint density at radius 2 is 1.76 bits per heavy atom. The minimum atomic E-state index is -5.10. The average Bonchev–Trinajstić information content (AvgIpc) is 2.26. The molecule has 0 saturated carbocycles. The number of carboxylic acids is 1. The maximum atomic E-state index is 12.7. The Bertz CT molecular complexity index is 473. The van der Waals surface area contributed by atoms with Crippen molar-refractivity contribution in [2.24, 2.45) is 5.73 Å². The van der Waals surface area contributed by atoms with Crippen LogP contribution in [0.4, 0.5) is 13.2 Å². The van der Waals surface area contributed by atoms with Crippen LogP contribution in [0.15, 0.2) is 24.3 Å². The smallest absolute Gasteiger partial charge is 0.421 e. The van der Waals surface area contributed by atoms with Crippen LogP contribution in [0, 0.1) is 12.3 Å². The molecule has 0 aromatic heterocycles. The molecular weight excluding hydrogens is 235 g/mol. The van der Waals surface area contributed by atoms with Crippen LogP contribution in [0.2, 0.25) is 0 Å². The summed E-state index contributed by atoms with van der Waals surface area (Å²) in [6.45, 7) is 0. The highest BCUT2D eigenvalue weighted by Crippen LogP contribution is 2.37. The molecule has 1 aromatic rings. The van der Waals surface area contributed by atoms with E-state index in [0.29, 0.717) is 5.56 Å². The fourth-order valence-electron chi connectivity index (χ4n) is 1.24. The van der Waals surface area contributed by atoms with Crippen LogP contribution in [0.5, 0.6) is 0 Å². The molecule has 0 saturated heterocycles. The predicted octanol–water partition coefficient (Wildman–Crippen LogP) is 1.47. The molecule has 3 nitrogen and oxygen atoms in total. The summed E-state index contributed by atoms with van der Waals surface area (Å²) in [4.78, 5) is 10.7. The van der Waals surface area contributed by atoms with E-state index in [4.69, 9.17) is 17.3 Å². The first-order valence-corrected chi connectivity index (χ1v) is 4.39. The van der Waals surface area contributed by atoms with Gasteiger partial charge in [0.1, 0.15) is 0 Å². The first-order chi connectivity index (χ1) is 7.73. The summed E-state index contributed by atoms with van der Waals surface area (Å²) in [5.74, 6) is 0.0360. The molecule has 1 atom stereocenters. The van der Waals surface area contributed by atoms with Crippen molar-refractivity contribution in [2.45, 2.75) is 11.7 Å². The highest BCUT2D eigenvalue weighted by Gasteiger charge is 2.59. The Hall–Kier alpha value is -2.00. The number of aliphatic carboxylic acids is 1. The minimum absolute atomic E-state index is 0.337. The second-order valence-corrected chi connectivity index (χ2v) is 3.33. The summed E-state index contributed by atoms with van der Waals surface area (Å²) in [7, 11) is 0. The summed E-state index contributed by atoms with van der Waals surface area (Å²) in [6, 6.07) is 4.31. The molecule has 1 rings (SSSR count). The van der Waals surface area contributed by atoms with Gasteiger partial charge >= 0.3 is 12.1 Å². The van der Waals surface area contributed by atoms with Crippen LogP contribution < -0.4 is 5.73 Å². The van der Waals surface area contributed by atoms with E-state index in [0.717, 1.165) is 12.1 Å². The number of hydrogen-bond donors (Lipinski definition) is 2. The van der Waals surface area contributed by atoms with Crippen molar-refractivity contribution >= 4 is 5.97 Å². The molecule has 0 aliphatic heterocycles. The zero-order chi connectivity index (χ0) is 13.3. The summed E-state index contributed by atoms with van der Waals surface area (Å²) in [6.07, 6.45) is -0.0660. The molecule has 0 aliphatic carbocycles. The van der Waals surface area contributed by atoms with E-state index >= 15 is 0 Å². The molecule has 0 heterocycles. The average molecular weight is 243 g/mol. The summed E-state index contributed by atoms with van der Waals surface area (Å²) in [5.41, 5.74) is 1.29. The third-order valence-corrected chi connectivity index (χ3v) is 2.29. The highest BCUT2D eigenvalue weighted by atomic mass is 19.4. The molecule has 0 spiro atoms. The number of terminal acetylenes is 1. The fraction of sp³-hybridized carbons (Fsp3) is 0.182. The van der Waals surface area contributed by atoms with Crippen molar-refractivity contribution in [2.75, 3.05) is 0 Å². The zero-order valence-corrected chi connectivity index (χ0v) is 8.45. The van der Waals surface area contributed by atoms with Gasteiger partial charge < -0.3 is 10.8 Å². The number of benzene rings is 1. The Kier molecular flexibility index (Phi) is 3.16. The standard InChI is InChI=1S/C11H8F3NO2/c1-2-7-3-5-8(6-4-7)10(15,9(16)17)11(12,13)14/h1,3-6H,15H2,(H,16,17)/t10-/m1/s1. The molecule has 0 fully saturated rings. The first kappa shape index (κ1) is 13.1. The van der Waals surface area contributed by atoms with E-state index in [9.17, 15) is 18.0 Å². The predicted molar refractivity (Wildman–Crippen MR) is 53.9 cm³/mol. The quantitative estimate of drug-likeness (QED) is 0.773. The maximum absolute atomic E-state index is 12.7. The lowest BCUT2D eigenvalue weighted by atomic mass is 9.90. The van der Waals surface area contributed by atoms with Gasteiger partial charge in [0, 0.05) is 5.56 Å². The number of hydrogen-bond acceptors (Lipinski definition) is 2.